The summed E-state index contributed by atoms with van der Waals surface area (Å²) >= 11 is 0. The molecule has 0 aliphatic carbocycles. The molecule has 8 heteroatoms. The van der Waals surface area contributed by atoms with E-state index in [2.05, 4.69) is 5.32 Å². The van der Waals surface area contributed by atoms with E-state index in [-0.39, 0.29) is 31.6 Å². The number of carbonyl (C=O) groups is 2. The van der Waals surface area contributed by atoms with E-state index in [1.54, 1.807) is 9.80 Å². The van der Waals surface area contributed by atoms with E-state index < -0.39 is 5.79 Å². The van der Waals surface area contributed by atoms with E-state index in [9.17, 15) is 9.59 Å². The van der Waals surface area contributed by atoms with Crippen LogP contribution in [0.2, 0.25) is 0 Å². The highest BCUT2D eigenvalue weighted by molar-refractivity contribution is 5.77. The van der Waals surface area contributed by atoms with Gasteiger partial charge in [-0.05, 0) is 5.56 Å². The van der Waals surface area contributed by atoms with Crippen molar-refractivity contribution in [2.45, 2.75) is 12.3 Å². The Labute approximate surface area is 153 Å². The molecule has 1 spiro atoms. The number of hydrogen-bond acceptors (Lipinski definition) is 5. The van der Waals surface area contributed by atoms with Crippen LogP contribution in [0.25, 0.3) is 0 Å². The topological polar surface area (TPSA) is 80.3 Å². The molecule has 2 aliphatic rings. The van der Waals surface area contributed by atoms with E-state index in [4.69, 9.17) is 14.2 Å². The van der Waals surface area contributed by atoms with Crippen molar-refractivity contribution < 1.29 is 23.8 Å². The first-order valence-corrected chi connectivity index (χ1v) is 8.73. The van der Waals surface area contributed by atoms with Gasteiger partial charge < -0.3 is 29.3 Å². The quantitative estimate of drug-likeness (QED) is 0.839. The molecule has 2 fully saturated rings. The Morgan fingerprint density at radius 2 is 1.77 bits per heavy atom. The third-order valence-electron chi connectivity index (χ3n) is 4.51. The molecule has 26 heavy (non-hydrogen) atoms. The molecule has 0 saturated carbocycles. The average molecular weight is 363 g/mol. The van der Waals surface area contributed by atoms with Crippen molar-refractivity contribution in [2.75, 3.05) is 53.1 Å². The molecular weight excluding hydrogens is 338 g/mol. The molecule has 142 valence electrons. The van der Waals surface area contributed by atoms with Gasteiger partial charge in [-0.1, -0.05) is 30.3 Å². The van der Waals surface area contributed by atoms with Crippen LogP contribution in [0.3, 0.4) is 0 Å². The number of urea groups is 1. The fraction of sp³-hybridized carbons (Fsp3) is 0.556. The molecule has 2 saturated heterocycles. The molecule has 3 rings (SSSR count). The molecule has 1 unspecified atom stereocenters. The maximum Gasteiger partial charge on any atom is 0.317 e. The molecule has 2 aliphatic heterocycles. The van der Waals surface area contributed by atoms with Crippen molar-refractivity contribution >= 4 is 11.9 Å². The summed E-state index contributed by atoms with van der Waals surface area (Å²) < 4.78 is 16.6. The van der Waals surface area contributed by atoms with Crippen LogP contribution in [-0.2, 0) is 25.5 Å². The molecule has 3 amide bonds. The van der Waals surface area contributed by atoms with E-state index >= 15 is 0 Å². The number of rotatable bonds is 4. The number of amides is 3. The molecule has 1 N–H and O–H groups in total. The monoisotopic (exact) mass is 363 g/mol. The van der Waals surface area contributed by atoms with Gasteiger partial charge in [0.15, 0.2) is 0 Å². The SMILES string of the molecule is COCC(=O)N1CCOC2(C1)CN(C(=O)NCc1ccccc1)CCO2. The molecule has 0 bridgehead atoms. The molecule has 1 atom stereocenters. The van der Waals surface area contributed by atoms with Gasteiger partial charge in [-0.25, -0.2) is 4.79 Å². The number of benzene rings is 1. The van der Waals surface area contributed by atoms with Crippen molar-refractivity contribution in [2.24, 2.45) is 0 Å². The average Bonchev–Trinajstić information content (AvgIpc) is 2.67. The van der Waals surface area contributed by atoms with Gasteiger partial charge in [-0.2, -0.15) is 0 Å². The first-order chi connectivity index (χ1) is 12.6. The molecule has 0 aromatic heterocycles. The molecular formula is C18H25N3O5. The van der Waals surface area contributed by atoms with E-state index in [1.165, 1.54) is 7.11 Å². The number of nitrogens with one attached hydrogen (secondary N) is 1. The van der Waals surface area contributed by atoms with Gasteiger partial charge in [0.05, 0.1) is 26.3 Å². The highest BCUT2D eigenvalue weighted by atomic mass is 16.7. The Morgan fingerprint density at radius 1 is 1.12 bits per heavy atom. The lowest BCUT2D eigenvalue weighted by atomic mass is 10.1. The van der Waals surface area contributed by atoms with Crippen LogP contribution in [0, 0.1) is 0 Å². The Hall–Kier alpha value is -2.16. The normalized spacial score (nSPS) is 23.1. The highest BCUT2D eigenvalue weighted by Gasteiger charge is 2.44. The van der Waals surface area contributed by atoms with Gasteiger partial charge in [-0.15, -0.1) is 0 Å². The summed E-state index contributed by atoms with van der Waals surface area (Å²) in [5.41, 5.74) is 1.04. The standard InChI is InChI=1S/C18H25N3O5/c1-24-12-16(22)20-7-9-25-18(13-20)14-21(8-10-26-18)17(23)19-11-15-5-3-2-4-6-15/h2-6H,7-14H2,1H3,(H,19,23). The highest BCUT2D eigenvalue weighted by Crippen LogP contribution is 2.24. The zero-order valence-corrected chi connectivity index (χ0v) is 15.0. The van der Waals surface area contributed by atoms with Crippen molar-refractivity contribution in [1.82, 2.24) is 15.1 Å². The van der Waals surface area contributed by atoms with Crippen LogP contribution in [-0.4, -0.2) is 80.6 Å². The maximum atomic E-state index is 12.5. The second-order valence-corrected chi connectivity index (χ2v) is 6.42. The van der Waals surface area contributed by atoms with Crippen LogP contribution in [0.15, 0.2) is 30.3 Å². The minimum atomic E-state index is -0.968. The fourth-order valence-corrected chi connectivity index (χ4v) is 3.18. The van der Waals surface area contributed by atoms with Gasteiger partial charge in [0, 0.05) is 26.7 Å². The summed E-state index contributed by atoms with van der Waals surface area (Å²) in [4.78, 5) is 28.0. The van der Waals surface area contributed by atoms with Crippen molar-refractivity contribution in [3.05, 3.63) is 35.9 Å². The van der Waals surface area contributed by atoms with Gasteiger partial charge >= 0.3 is 6.03 Å². The second-order valence-electron chi connectivity index (χ2n) is 6.42. The fourth-order valence-electron chi connectivity index (χ4n) is 3.18. The van der Waals surface area contributed by atoms with Gasteiger partial charge in [0.25, 0.3) is 0 Å². The van der Waals surface area contributed by atoms with Crippen molar-refractivity contribution in [1.29, 1.82) is 0 Å². The second kappa shape index (κ2) is 8.48. The van der Waals surface area contributed by atoms with E-state index in [1.807, 2.05) is 30.3 Å². The predicted octanol–water partition coefficient (Wildman–Crippen LogP) is 0.430. The lowest BCUT2D eigenvalue weighted by molar-refractivity contribution is -0.284. The smallest absolute Gasteiger partial charge is 0.317 e. The van der Waals surface area contributed by atoms with Gasteiger partial charge in [0.1, 0.15) is 6.61 Å². The number of methoxy groups -OCH3 is 1. The van der Waals surface area contributed by atoms with Crippen molar-refractivity contribution in [3.8, 4) is 0 Å². The molecule has 1 aromatic rings. The Balaban J connectivity index is 1.57. The third-order valence-corrected chi connectivity index (χ3v) is 4.51. The lowest BCUT2D eigenvalue weighted by Crippen LogP contribution is -2.64. The summed E-state index contributed by atoms with van der Waals surface area (Å²) in [6.45, 7) is 2.77. The summed E-state index contributed by atoms with van der Waals surface area (Å²) in [6, 6.07) is 9.57. The number of hydrogen-bond donors (Lipinski definition) is 1. The summed E-state index contributed by atoms with van der Waals surface area (Å²) in [6.07, 6.45) is 0. The van der Waals surface area contributed by atoms with Crippen molar-refractivity contribution in [3.63, 3.8) is 0 Å². The predicted molar refractivity (Wildman–Crippen MR) is 93.3 cm³/mol. The van der Waals surface area contributed by atoms with E-state index in [0.29, 0.717) is 32.8 Å². The molecule has 1 aromatic carbocycles. The van der Waals surface area contributed by atoms with Crippen LogP contribution in [0.1, 0.15) is 5.56 Å². The Morgan fingerprint density at radius 3 is 2.46 bits per heavy atom. The zero-order valence-electron chi connectivity index (χ0n) is 15.0. The van der Waals surface area contributed by atoms with Gasteiger partial charge in [-0.3, -0.25) is 4.79 Å². The number of ether oxygens (including phenoxy) is 3. The maximum absolute atomic E-state index is 12.5. The third kappa shape index (κ3) is 4.51. The minimum absolute atomic E-state index is 0.0252. The lowest BCUT2D eigenvalue weighted by Gasteiger charge is -2.47. The summed E-state index contributed by atoms with van der Waals surface area (Å²) in [5.74, 6) is -1.08. The Bertz CT molecular complexity index is 623. The van der Waals surface area contributed by atoms with Gasteiger partial charge in [0.2, 0.25) is 11.7 Å². The van der Waals surface area contributed by atoms with E-state index in [0.717, 1.165) is 5.56 Å². The first kappa shape index (κ1) is 18.6. The first-order valence-electron chi connectivity index (χ1n) is 8.73. The Kier molecular flexibility index (Phi) is 6.08. The molecule has 0 radical (unpaired) electrons. The number of nitrogens with zero attached hydrogens (tertiary/aromatic N) is 2. The zero-order chi connectivity index (χ0) is 18.4. The van der Waals surface area contributed by atoms with Crippen LogP contribution < -0.4 is 5.32 Å². The summed E-state index contributed by atoms with van der Waals surface area (Å²) in [5, 5.41) is 2.92. The molecule has 8 nitrogen and oxygen atoms in total. The van der Waals surface area contributed by atoms with Crippen LogP contribution >= 0.6 is 0 Å². The van der Waals surface area contributed by atoms with Crippen LogP contribution in [0.4, 0.5) is 4.79 Å². The molecule has 2 heterocycles. The van der Waals surface area contributed by atoms with Crippen LogP contribution in [0.5, 0.6) is 0 Å². The number of carbonyl (C=O) groups excluding carboxylic acids is 2. The summed E-state index contributed by atoms with van der Waals surface area (Å²) in [7, 11) is 1.49. The minimum Gasteiger partial charge on any atom is -0.375 e. The largest absolute Gasteiger partial charge is 0.375 e. The number of morpholine rings is 2.